The SMILES string of the molecule is CC12CCC3c4ccc(O)cc4CCC3C1CC[C@@H]2OC(=O)COC(=O)CCCc1ccc(N(CCCl)CCCl)cc1. The third-order valence-corrected chi connectivity index (χ3v) is 10.4. The second-order valence-electron chi connectivity index (χ2n) is 12.4. The van der Waals surface area contributed by atoms with E-state index < -0.39 is 5.97 Å². The van der Waals surface area contributed by atoms with Crippen molar-refractivity contribution in [2.24, 2.45) is 17.3 Å². The number of phenolic OH excluding ortho intramolecular Hbond substituents is 1. The number of esters is 2. The summed E-state index contributed by atoms with van der Waals surface area (Å²) in [4.78, 5) is 27.2. The summed E-state index contributed by atoms with van der Waals surface area (Å²) in [7, 11) is 0. The molecule has 42 heavy (non-hydrogen) atoms. The van der Waals surface area contributed by atoms with Gasteiger partial charge in [-0.2, -0.15) is 0 Å². The summed E-state index contributed by atoms with van der Waals surface area (Å²) in [5, 5.41) is 9.93. The fourth-order valence-electron chi connectivity index (χ4n) is 8.00. The summed E-state index contributed by atoms with van der Waals surface area (Å²) in [6, 6.07) is 14.1. The smallest absolute Gasteiger partial charge is 0.344 e. The first-order chi connectivity index (χ1) is 20.3. The van der Waals surface area contributed by atoms with Crippen LogP contribution in [0.2, 0.25) is 0 Å². The van der Waals surface area contributed by atoms with Crippen LogP contribution in [0.15, 0.2) is 42.5 Å². The van der Waals surface area contributed by atoms with Crippen molar-refractivity contribution in [3.63, 3.8) is 0 Å². The number of benzene rings is 2. The van der Waals surface area contributed by atoms with Crippen molar-refractivity contribution in [2.75, 3.05) is 36.4 Å². The number of carbonyl (C=O) groups excluding carboxylic acids is 2. The summed E-state index contributed by atoms with van der Waals surface area (Å²) in [6.07, 6.45) is 7.62. The van der Waals surface area contributed by atoms with E-state index in [-0.39, 0.29) is 30.5 Å². The summed E-state index contributed by atoms with van der Waals surface area (Å²) in [6.45, 7) is 3.44. The zero-order chi connectivity index (χ0) is 29.7. The maximum absolute atomic E-state index is 12.7. The molecule has 0 radical (unpaired) electrons. The first-order valence-electron chi connectivity index (χ1n) is 15.4. The number of hydrogen-bond donors (Lipinski definition) is 1. The third-order valence-electron chi connectivity index (χ3n) is 10.1. The Balaban J connectivity index is 1.05. The molecule has 5 atom stereocenters. The fraction of sp³-hybridized carbons (Fsp3) is 0.588. The lowest BCUT2D eigenvalue weighted by Crippen LogP contribution is -2.45. The van der Waals surface area contributed by atoms with Gasteiger partial charge in [0.25, 0.3) is 0 Å². The number of ether oxygens (including phenoxy) is 2. The predicted octanol–water partition coefficient (Wildman–Crippen LogP) is 7.01. The number of nitrogens with zero attached hydrogens (tertiary/aromatic N) is 1. The Morgan fingerprint density at radius 2 is 1.76 bits per heavy atom. The Kier molecular flexibility index (Phi) is 10.3. The van der Waals surface area contributed by atoms with Gasteiger partial charge in [0, 0.05) is 42.4 Å². The van der Waals surface area contributed by atoms with Gasteiger partial charge in [0.15, 0.2) is 6.61 Å². The summed E-state index contributed by atoms with van der Waals surface area (Å²) in [5.74, 6) is 2.21. The fourth-order valence-corrected chi connectivity index (χ4v) is 8.41. The molecule has 2 saturated carbocycles. The quantitative estimate of drug-likeness (QED) is 0.204. The third kappa shape index (κ3) is 6.86. The molecule has 0 spiro atoms. The minimum Gasteiger partial charge on any atom is -0.508 e. The lowest BCUT2D eigenvalue weighted by molar-refractivity contribution is -0.168. The highest BCUT2D eigenvalue weighted by atomic mass is 35.5. The largest absolute Gasteiger partial charge is 0.508 e. The van der Waals surface area contributed by atoms with E-state index in [1.165, 1.54) is 11.1 Å². The monoisotopic (exact) mass is 615 g/mol. The van der Waals surface area contributed by atoms with E-state index in [4.69, 9.17) is 32.7 Å². The molecule has 0 bridgehead atoms. The van der Waals surface area contributed by atoms with Crippen LogP contribution in [0.25, 0.3) is 0 Å². The number of fused-ring (bicyclic) bond motifs is 5. The van der Waals surface area contributed by atoms with Gasteiger partial charge in [-0.1, -0.05) is 25.1 Å². The van der Waals surface area contributed by atoms with Crippen molar-refractivity contribution in [2.45, 2.75) is 76.7 Å². The normalized spacial score (nSPS) is 26.1. The van der Waals surface area contributed by atoms with Crippen LogP contribution >= 0.6 is 23.2 Å². The van der Waals surface area contributed by atoms with E-state index >= 15 is 0 Å². The van der Waals surface area contributed by atoms with Crippen molar-refractivity contribution in [3.8, 4) is 5.75 Å². The summed E-state index contributed by atoms with van der Waals surface area (Å²) >= 11 is 11.8. The number of carbonyl (C=O) groups is 2. The van der Waals surface area contributed by atoms with Crippen molar-refractivity contribution in [1.82, 2.24) is 0 Å². The first kappa shape index (κ1) is 31.0. The molecular weight excluding hydrogens is 573 g/mol. The molecular formula is C34H43Cl2NO5. The maximum atomic E-state index is 12.7. The van der Waals surface area contributed by atoms with E-state index in [1.807, 2.05) is 12.1 Å². The van der Waals surface area contributed by atoms with Crippen molar-refractivity contribution in [1.29, 1.82) is 0 Å². The lowest BCUT2D eigenvalue weighted by Gasteiger charge is -2.50. The molecule has 0 amide bonds. The molecule has 2 fully saturated rings. The Morgan fingerprint density at radius 3 is 2.50 bits per heavy atom. The van der Waals surface area contributed by atoms with Gasteiger partial charge in [0.05, 0.1) is 0 Å². The standard InChI is InChI=1S/C34H43Cl2NO5/c1-34-16-15-28-27-12-10-26(38)21-24(27)7-11-29(28)30(34)13-14-31(34)42-33(40)22-41-32(39)4-2-3-23-5-8-25(9-6-23)37(19-17-35)20-18-36/h5-6,8-10,12,21,28-31,38H,2-4,7,11,13-20,22H2,1H3/t28?,29?,30?,31-,34?/m0/s1. The van der Waals surface area contributed by atoms with E-state index in [1.54, 1.807) is 0 Å². The number of alkyl halides is 2. The Hall–Kier alpha value is -2.44. The van der Waals surface area contributed by atoms with Crippen LogP contribution in [0.5, 0.6) is 5.75 Å². The maximum Gasteiger partial charge on any atom is 0.344 e. The minimum atomic E-state index is -0.448. The van der Waals surface area contributed by atoms with Crippen molar-refractivity contribution >= 4 is 40.8 Å². The molecule has 0 aliphatic heterocycles. The molecule has 6 nitrogen and oxygen atoms in total. The first-order valence-corrected chi connectivity index (χ1v) is 16.5. The van der Waals surface area contributed by atoms with Gasteiger partial charge in [-0.15, -0.1) is 23.2 Å². The van der Waals surface area contributed by atoms with Crippen LogP contribution < -0.4 is 4.90 Å². The highest BCUT2D eigenvalue weighted by Gasteiger charge is 2.56. The van der Waals surface area contributed by atoms with E-state index in [9.17, 15) is 14.7 Å². The number of phenols is 1. The number of aromatic hydroxyl groups is 1. The van der Waals surface area contributed by atoms with Crippen molar-refractivity contribution < 1.29 is 24.2 Å². The Labute approximate surface area is 259 Å². The zero-order valence-electron chi connectivity index (χ0n) is 24.5. The zero-order valence-corrected chi connectivity index (χ0v) is 26.0. The number of anilines is 1. The molecule has 0 heterocycles. The van der Waals surface area contributed by atoms with E-state index in [0.29, 0.717) is 41.7 Å². The highest BCUT2D eigenvalue weighted by molar-refractivity contribution is 6.18. The lowest BCUT2D eigenvalue weighted by atomic mass is 9.55. The Bertz CT molecular complexity index is 1230. The second kappa shape index (κ2) is 13.9. The number of rotatable bonds is 12. The topological polar surface area (TPSA) is 76.1 Å². The van der Waals surface area contributed by atoms with E-state index in [0.717, 1.165) is 69.3 Å². The molecule has 0 aromatic heterocycles. The molecule has 3 aliphatic carbocycles. The Morgan fingerprint density at radius 1 is 1.00 bits per heavy atom. The van der Waals surface area contributed by atoms with Gasteiger partial charge in [0.2, 0.25) is 0 Å². The molecule has 8 heteroatoms. The van der Waals surface area contributed by atoms with Gasteiger partial charge in [-0.25, -0.2) is 4.79 Å². The van der Waals surface area contributed by atoms with Crippen LogP contribution in [-0.4, -0.2) is 54.6 Å². The van der Waals surface area contributed by atoms with Crippen LogP contribution in [0.1, 0.15) is 74.5 Å². The van der Waals surface area contributed by atoms with Crippen LogP contribution in [-0.2, 0) is 31.9 Å². The number of halogens is 2. The molecule has 3 aliphatic rings. The second-order valence-corrected chi connectivity index (χ2v) is 13.2. The van der Waals surface area contributed by atoms with Crippen LogP contribution in [0, 0.1) is 17.3 Å². The van der Waals surface area contributed by atoms with Gasteiger partial charge in [0.1, 0.15) is 11.9 Å². The average Bonchev–Trinajstić information content (AvgIpc) is 3.31. The average molecular weight is 617 g/mol. The molecule has 5 rings (SSSR count). The summed E-state index contributed by atoms with van der Waals surface area (Å²) < 4.78 is 11.3. The predicted molar refractivity (Wildman–Crippen MR) is 167 cm³/mol. The van der Waals surface area contributed by atoms with Gasteiger partial charge in [-0.05, 0) is 110 Å². The van der Waals surface area contributed by atoms with Crippen molar-refractivity contribution in [3.05, 3.63) is 59.2 Å². The number of aryl methyl sites for hydroxylation is 2. The molecule has 2 aromatic carbocycles. The molecule has 228 valence electrons. The molecule has 1 N–H and O–H groups in total. The molecule has 2 aromatic rings. The van der Waals surface area contributed by atoms with Crippen LogP contribution in [0.3, 0.4) is 0 Å². The highest BCUT2D eigenvalue weighted by Crippen LogP contribution is 2.61. The van der Waals surface area contributed by atoms with Crippen LogP contribution in [0.4, 0.5) is 5.69 Å². The number of hydrogen-bond acceptors (Lipinski definition) is 6. The minimum absolute atomic E-state index is 0.0459. The summed E-state index contributed by atoms with van der Waals surface area (Å²) in [5.41, 5.74) is 4.86. The van der Waals surface area contributed by atoms with Gasteiger partial charge in [-0.3, -0.25) is 4.79 Å². The molecule has 0 saturated heterocycles. The van der Waals surface area contributed by atoms with E-state index in [2.05, 4.69) is 42.2 Å². The molecule has 4 unspecified atom stereocenters. The van der Waals surface area contributed by atoms with Gasteiger partial charge >= 0.3 is 11.9 Å². The van der Waals surface area contributed by atoms with Gasteiger partial charge < -0.3 is 19.5 Å².